The molecule has 0 fully saturated rings. The molecule has 0 spiro atoms. The molecule has 0 unspecified atom stereocenters. The van der Waals surface area contributed by atoms with Crippen LogP contribution in [-0.4, -0.2) is 25.7 Å². The van der Waals surface area contributed by atoms with Crippen LogP contribution in [-0.2, 0) is 0 Å². The van der Waals surface area contributed by atoms with Crippen LogP contribution in [0.25, 0.3) is 16.8 Å². The van der Waals surface area contributed by atoms with Crippen LogP contribution in [0.3, 0.4) is 0 Å². The van der Waals surface area contributed by atoms with E-state index >= 15 is 0 Å². The Hall–Kier alpha value is -2.76. The minimum absolute atomic E-state index is 0.0155. The predicted molar refractivity (Wildman–Crippen MR) is 65.3 cm³/mol. The molecule has 1 aromatic carbocycles. The summed E-state index contributed by atoms with van der Waals surface area (Å²) in [6.45, 7) is 0. The van der Waals surface area contributed by atoms with Gasteiger partial charge in [-0.2, -0.15) is 5.10 Å². The third-order valence-electron chi connectivity index (χ3n) is 2.79. The molecule has 0 atom stereocenters. The lowest BCUT2D eigenvalue weighted by atomic mass is 10.1. The van der Waals surface area contributed by atoms with Crippen molar-refractivity contribution in [3.63, 3.8) is 0 Å². The largest absolute Gasteiger partial charge is 0.478 e. The number of carbonyl (C=O) groups is 1. The molecular formula is C13H8FN3O2. The van der Waals surface area contributed by atoms with Gasteiger partial charge in [-0.15, -0.1) is 0 Å². The number of halogens is 1. The molecule has 94 valence electrons. The first-order chi connectivity index (χ1) is 9.16. The van der Waals surface area contributed by atoms with Gasteiger partial charge >= 0.3 is 5.97 Å². The zero-order chi connectivity index (χ0) is 13.4. The van der Waals surface area contributed by atoms with E-state index in [0.29, 0.717) is 11.1 Å². The minimum atomic E-state index is -1.13. The van der Waals surface area contributed by atoms with Crippen molar-refractivity contribution >= 4 is 11.6 Å². The Morgan fingerprint density at radius 3 is 2.84 bits per heavy atom. The van der Waals surface area contributed by atoms with Gasteiger partial charge in [-0.3, -0.25) is 0 Å². The van der Waals surface area contributed by atoms with Gasteiger partial charge in [0.2, 0.25) is 0 Å². The number of pyridine rings is 1. The maximum Gasteiger partial charge on any atom is 0.339 e. The first kappa shape index (κ1) is 11.3. The van der Waals surface area contributed by atoms with Crippen LogP contribution in [0.2, 0.25) is 0 Å². The molecule has 19 heavy (non-hydrogen) atoms. The molecule has 0 aliphatic carbocycles. The van der Waals surface area contributed by atoms with E-state index in [0.717, 1.165) is 0 Å². The second-order valence-corrected chi connectivity index (χ2v) is 3.96. The molecule has 0 aliphatic rings. The van der Waals surface area contributed by atoms with Gasteiger partial charge in [-0.25, -0.2) is 18.7 Å². The highest BCUT2D eigenvalue weighted by atomic mass is 19.1. The van der Waals surface area contributed by atoms with Gasteiger partial charge in [0, 0.05) is 17.3 Å². The molecule has 1 N–H and O–H groups in total. The molecule has 2 aromatic heterocycles. The van der Waals surface area contributed by atoms with Crippen LogP contribution in [0.1, 0.15) is 10.4 Å². The molecule has 3 rings (SSSR count). The first-order valence-electron chi connectivity index (χ1n) is 5.48. The second-order valence-electron chi connectivity index (χ2n) is 3.96. The monoisotopic (exact) mass is 257 g/mol. The molecule has 0 radical (unpaired) electrons. The molecule has 2 heterocycles. The number of rotatable bonds is 2. The minimum Gasteiger partial charge on any atom is -0.478 e. The Balaban J connectivity index is 2.31. The van der Waals surface area contributed by atoms with E-state index in [1.165, 1.54) is 23.0 Å². The van der Waals surface area contributed by atoms with Crippen molar-refractivity contribution in [1.29, 1.82) is 0 Å². The maximum absolute atomic E-state index is 13.7. The summed E-state index contributed by atoms with van der Waals surface area (Å²) >= 11 is 0. The van der Waals surface area contributed by atoms with Crippen LogP contribution < -0.4 is 0 Å². The Bertz CT molecular complexity index is 782. The number of hydrogen-bond donors (Lipinski definition) is 1. The maximum atomic E-state index is 13.7. The fourth-order valence-electron chi connectivity index (χ4n) is 1.93. The molecule has 3 aromatic rings. The smallest absolute Gasteiger partial charge is 0.339 e. The van der Waals surface area contributed by atoms with Crippen molar-refractivity contribution in [1.82, 2.24) is 14.6 Å². The summed E-state index contributed by atoms with van der Waals surface area (Å²) in [7, 11) is 0. The van der Waals surface area contributed by atoms with Gasteiger partial charge < -0.3 is 5.11 Å². The average molecular weight is 257 g/mol. The van der Waals surface area contributed by atoms with Gasteiger partial charge in [0.05, 0.1) is 0 Å². The fourth-order valence-corrected chi connectivity index (χ4v) is 1.93. The Morgan fingerprint density at radius 1 is 1.32 bits per heavy atom. The fraction of sp³-hybridized carbons (Fsp3) is 0. The van der Waals surface area contributed by atoms with Crippen molar-refractivity contribution in [3.05, 3.63) is 54.2 Å². The summed E-state index contributed by atoms with van der Waals surface area (Å²) in [5.74, 6) is -1.55. The van der Waals surface area contributed by atoms with Crippen molar-refractivity contribution < 1.29 is 14.3 Å². The summed E-state index contributed by atoms with van der Waals surface area (Å²) in [6, 6.07) is 7.56. The van der Waals surface area contributed by atoms with Crippen molar-refractivity contribution in [2.24, 2.45) is 0 Å². The van der Waals surface area contributed by atoms with Gasteiger partial charge in [0.1, 0.15) is 17.7 Å². The van der Waals surface area contributed by atoms with Gasteiger partial charge in [0.25, 0.3) is 0 Å². The summed E-state index contributed by atoms with van der Waals surface area (Å²) in [5.41, 5.74) is 0.974. The van der Waals surface area contributed by atoms with Gasteiger partial charge in [0.15, 0.2) is 5.65 Å². The van der Waals surface area contributed by atoms with Crippen LogP contribution >= 0.6 is 0 Å². The SMILES string of the molecule is O=C(O)c1cc(-c2ccccc2F)cn2ncnc12. The van der Waals surface area contributed by atoms with Crippen LogP contribution in [0.4, 0.5) is 4.39 Å². The summed E-state index contributed by atoms with van der Waals surface area (Å²) in [5, 5.41) is 13.1. The number of hydrogen-bond acceptors (Lipinski definition) is 3. The van der Waals surface area contributed by atoms with Crippen molar-refractivity contribution in [2.75, 3.05) is 0 Å². The molecule has 5 nitrogen and oxygen atoms in total. The Kier molecular flexibility index (Phi) is 2.49. The number of carboxylic acid groups (broad SMARTS) is 1. The summed E-state index contributed by atoms with van der Waals surface area (Å²) < 4.78 is 15.1. The molecule has 0 aliphatic heterocycles. The van der Waals surface area contributed by atoms with E-state index in [-0.39, 0.29) is 11.2 Å². The third-order valence-corrected chi connectivity index (χ3v) is 2.79. The quantitative estimate of drug-likeness (QED) is 0.764. The van der Waals surface area contributed by atoms with E-state index in [2.05, 4.69) is 10.1 Å². The Labute approximate surface area is 107 Å². The zero-order valence-corrected chi connectivity index (χ0v) is 9.62. The average Bonchev–Trinajstić information content (AvgIpc) is 2.86. The normalized spacial score (nSPS) is 10.8. The number of carboxylic acids is 1. The third kappa shape index (κ3) is 1.83. The van der Waals surface area contributed by atoms with E-state index < -0.39 is 11.8 Å². The van der Waals surface area contributed by atoms with Gasteiger partial charge in [-0.1, -0.05) is 18.2 Å². The highest BCUT2D eigenvalue weighted by Gasteiger charge is 2.15. The second kappa shape index (κ2) is 4.16. The lowest BCUT2D eigenvalue weighted by Gasteiger charge is -2.06. The van der Waals surface area contributed by atoms with Crippen molar-refractivity contribution in [3.8, 4) is 11.1 Å². The molecule has 0 amide bonds. The highest BCUT2D eigenvalue weighted by Crippen LogP contribution is 2.24. The highest BCUT2D eigenvalue weighted by molar-refractivity contribution is 5.95. The first-order valence-corrected chi connectivity index (χ1v) is 5.48. The van der Waals surface area contributed by atoms with Gasteiger partial charge in [-0.05, 0) is 12.1 Å². The number of nitrogens with zero attached hydrogens (tertiary/aromatic N) is 3. The molecular weight excluding hydrogens is 249 g/mol. The Morgan fingerprint density at radius 2 is 2.11 bits per heavy atom. The molecule has 6 heteroatoms. The molecule has 0 saturated heterocycles. The zero-order valence-electron chi connectivity index (χ0n) is 9.62. The standard InChI is InChI=1S/C13H8FN3O2/c14-11-4-2-1-3-9(11)8-5-10(13(18)19)12-15-7-16-17(12)6-8/h1-7H,(H,18,19). The summed E-state index contributed by atoms with van der Waals surface area (Å²) in [6.07, 6.45) is 2.81. The van der Waals surface area contributed by atoms with E-state index in [1.54, 1.807) is 24.4 Å². The number of aromatic nitrogens is 3. The number of fused-ring (bicyclic) bond motifs is 1. The lowest BCUT2D eigenvalue weighted by molar-refractivity contribution is 0.0698. The van der Waals surface area contributed by atoms with Crippen LogP contribution in [0, 0.1) is 5.82 Å². The van der Waals surface area contributed by atoms with E-state index in [9.17, 15) is 9.18 Å². The summed E-state index contributed by atoms with van der Waals surface area (Å²) in [4.78, 5) is 15.1. The molecule has 0 saturated carbocycles. The van der Waals surface area contributed by atoms with Crippen LogP contribution in [0.5, 0.6) is 0 Å². The number of aromatic carboxylic acids is 1. The predicted octanol–water partition coefficient (Wildman–Crippen LogP) is 2.23. The molecule has 0 bridgehead atoms. The number of benzene rings is 1. The lowest BCUT2D eigenvalue weighted by Crippen LogP contribution is -2.03. The van der Waals surface area contributed by atoms with Crippen LogP contribution in [0.15, 0.2) is 42.9 Å². The van der Waals surface area contributed by atoms with Crippen molar-refractivity contribution in [2.45, 2.75) is 0 Å². The van der Waals surface area contributed by atoms with E-state index in [1.807, 2.05) is 0 Å². The van der Waals surface area contributed by atoms with E-state index in [4.69, 9.17) is 5.11 Å². The topological polar surface area (TPSA) is 67.5 Å².